The van der Waals surface area contributed by atoms with Gasteiger partial charge in [0.15, 0.2) is 11.2 Å². The van der Waals surface area contributed by atoms with Gasteiger partial charge in [0.2, 0.25) is 0 Å². The van der Waals surface area contributed by atoms with Crippen LogP contribution in [0, 0.1) is 11.3 Å². The first kappa shape index (κ1) is 39.7. The molecule has 1 aromatic heterocycles. The molecule has 3 heterocycles. The fourth-order valence-electron chi connectivity index (χ4n) is 6.46. The normalized spacial score (nSPS) is 24.0. The highest BCUT2D eigenvalue weighted by Crippen LogP contribution is 2.28. The molecule has 0 aliphatic carbocycles. The van der Waals surface area contributed by atoms with Crippen LogP contribution < -0.4 is 9.62 Å². The average Bonchev–Trinajstić information content (AvgIpc) is 3.57. The third-order valence-corrected chi connectivity index (χ3v) is 11.8. The molecule has 3 aromatic rings. The van der Waals surface area contributed by atoms with Crippen molar-refractivity contribution in [2.45, 2.75) is 102 Å². The van der Waals surface area contributed by atoms with Gasteiger partial charge < -0.3 is 34.1 Å². The Morgan fingerprint density at radius 2 is 1.87 bits per heavy atom. The van der Waals surface area contributed by atoms with Gasteiger partial charge in [-0.1, -0.05) is 37.3 Å². The minimum absolute atomic E-state index is 0.181. The van der Waals surface area contributed by atoms with Crippen LogP contribution in [0.2, 0.25) is 0 Å². The summed E-state index contributed by atoms with van der Waals surface area (Å²) in [4.78, 5) is 1.92. The van der Waals surface area contributed by atoms with Crippen LogP contribution in [0.3, 0.4) is 0 Å². The first-order valence-corrected chi connectivity index (χ1v) is 19.4. The zero-order valence-corrected chi connectivity index (χ0v) is 31.5. The second-order valence-electron chi connectivity index (χ2n) is 14.2. The van der Waals surface area contributed by atoms with Crippen LogP contribution in [0.1, 0.15) is 64.6 Å². The summed E-state index contributed by atoms with van der Waals surface area (Å²) in [6.45, 7) is 11.2. The second-order valence-corrected chi connectivity index (χ2v) is 15.8. The van der Waals surface area contributed by atoms with Crippen molar-refractivity contribution in [3.05, 3.63) is 58.8 Å². The van der Waals surface area contributed by atoms with E-state index in [2.05, 4.69) is 32.1 Å². The highest BCUT2D eigenvalue weighted by atomic mass is 32.2. The van der Waals surface area contributed by atoms with E-state index in [0.29, 0.717) is 50.2 Å². The van der Waals surface area contributed by atoms with Gasteiger partial charge in [0, 0.05) is 57.1 Å². The topological polar surface area (TPSA) is 181 Å². The van der Waals surface area contributed by atoms with Crippen LogP contribution in [0.4, 0.5) is 5.69 Å². The van der Waals surface area contributed by atoms with Gasteiger partial charge in [0.25, 0.3) is 10.0 Å². The molecule has 52 heavy (non-hydrogen) atoms. The van der Waals surface area contributed by atoms with Crippen molar-refractivity contribution in [2.24, 2.45) is 0 Å². The number of aliphatic hydroxyl groups is 2. The van der Waals surface area contributed by atoms with E-state index in [1.54, 1.807) is 10.9 Å². The van der Waals surface area contributed by atoms with Crippen LogP contribution in [-0.4, -0.2) is 109 Å². The molecule has 0 radical (unpaired) electrons. The SMILES string of the molecule is CCC(C)(CCOC(C)(CC)Cc1cn(C[C@H]2O[C@H](OC)CC(O)[C@@H]2O)nn1)NS(=O)(=O)/C(C#N)=C/c1ccc2cc(N3CCOCC3)ccc2c1. The number of sulfonamides is 1. The molecule has 2 fully saturated rings. The first-order valence-electron chi connectivity index (χ1n) is 17.9. The van der Waals surface area contributed by atoms with Gasteiger partial charge in [-0.2, -0.15) is 5.26 Å². The quantitative estimate of drug-likeness (QED) is 0.182. The lowest BCUT2D eigenvalue weighted by molar-refractivity contribution is -0.245. The number of hydrogen-bond acceptors (Lipinski definition) is 12. The lowest BCUT2D eigenvalue weighted by Gasteiger charge is -2.36. The fraction of sp³-hybridized carbons (Fsp3) is 0.595. The summed E-state index contributed by atoms with van der Waals surface area (Å²) < 4.78 is 54.3. The standard InChI is InChI=1S/C37H52N6O8S/c1-6-36(3,12-15-50-37(4,7-2)22-29-24-43(41-39-29)25-33-35(45)32(44)21-34(48-5)51-33)40-52(46,47)31(23-38)19-26-8-9-28-20-30(11-10-27(28)18-26)42-13-16-49-17-14-42/h8-11,18-20,24,32-35,40,44-45H,6-7,12-17,21-22,25H2,1-5H3/b31-19+/t32?,33-,34+,35+,36?,37?/m1/s1. The maximum atomic E-state index is 13.6. The number of hydrogen-bond donors (Lipinski definition) is 3. The van der Waals surface area contributed by atoms with E-state index in [9.17, 15) is 23.9 Å². The molecule has 0 saturated carbocycles. The van der Waals surface area contributed by atoms with Crippen molar-refractivity contribution in [3.8, 4) is 6.07 Å². The molecule has 3 N–H and O–H groups in total. The molecule has 0 bridgehead atoms. The Kier molecular flexibility index (Phi) is 13.1. The van der Waals surface area contributed by atoms with Gasteiger partial charge in [-0.25, -0.2) is 17.8 Å². The van der Waals surface area contributed by atoms with Crippen LogP contribution in [-0.2, 0) is 41.9 Å². The monoisotopic (exact) mass is 740 g/mol. The molecule has 2 aliphatic heterocycles. The molecular weight excluding hydrogens is 689 g/mol. The highest BCUT2D eigenvalue weighted by molar-refractivity contribution is 7.93. The van der Waals surface area contributed by atoms with E-state index in [1.807, 2.05) is 58.0 Å². The number of fused-ring (bicyclic) bond motifs is 1. The Morgan fingerprint density at radius 3 is 2.56 bits per heavy atom. The molecule has 284 valence electrons. The molecule has 2 aromatic carbocycles. The zero-order valence-electron chi connectivity index (χ0n) is 30.7. The van der Waals surface area contributed by atoms with Crippen molar-refractivity contribution < 1.29 is 37.6 Å². The maximum Gasteiger partial charge on any atom is 0.251 e. The molecule has 15 heteroatoms. The number of aliphatic hydroxyl groups excluding tert-OH is 2. The first-order chi connectivity index (χ1) is 24.8. The number of nitrogens with zero attached hydrogens (tertiary/aromatic N) is 5. The Labute approximate surface area is 306 Å². The van der Waals surface area contributed by atoms with Crippen molar-refractivity contribution in [1.29, 1.82) is 5.26 Å². The number of methoxy groups -OCH3 is 1. The van der Waals surface area contributed by atoms with E-state index in [0.717, 1.165) is 29.5 Å². The molecule has 0 spiro atoms. The predicted octanol–water partition coefficient (Wildman–Crippen LogP) is 3.52. The molecule has 6 atom stereocenters. The largest absolute Gasteiger partial charge is 0.390 e. The fourth-order valence-corrected chi connectivity index (χ4v) is 7.87. The van der Waals surface area contributed by atoms with Gasteiger partial charge in [0.05, 0.1) is 37.2 Å². The number of nitrogens with one attached hydrogen (secondary N) is 1. The van der Waals surface area contributed by atoms with Crippen molar-refractivity contribution in [2.75, 3.05) is 44.9 Å². The van der Waals surface area contributed by atoms with E-state index in [1.165, 1.54) is 13.2 Å². The van der Waals surface area contributed by atoms with Gasteiger partial charge in [-0.05, 0) is 73.7 Å². The third kappa shape index (κ3) is 9.94. The number of rotatable bonds is 16. The smallest absolute Gasteiger partial charge is 0.251 e. The highest BCUT2D eigenvalue weighted by Gasteiger charge is 2.37. The molecule has 3 unspecified atom stereocenters. The molecule has 0 amide bonds. The molecular formula is C37H52N6O8S. The Hall–Kier alpha value is -3.46. The van der Waals surface area contributed by atoms with Gasteiger partial charge in [-0.15, -0.1) is 5.10 Å². The number of aromatic nitrogens is 3. The Bertz CT molecular complexity index is 1840. The van der Waals surface area contributed by atoms with E-state index >= 15 is 0 Å². The lowest BCUT2D eigenvalue weighted by Crippen LogP contribution is -2.50. The summed E-state index contributed by atoms with van der Waals surface area (Å²) in [5.74, 6) is 0. The van der Waals surface area contributed by atoms with Crippen LogP contribution in [0.25, 0.3) is 16.8 Å². The summed E-state index contributed by atoms with van der Waals surface area (Å²) in [7, 11) is -2.67. The maximum absolute atomic E-state index is 13.6. The average molecular weight is 741 g/mol. The number of benzene rings is 2. The van der Waals surface area contributed by atoms with Crippen molar-refractivity contribution in [3.63, 3.8) is 0 Å². The number of ether oxygens (including phenoxy) is 4. The molecule has 14 nitrogen and oxygen atoms in total. The van der Waals surface area contributed by atoms with E-state index in [4.69, 9.17) is 18.9 Å². The lowest BCUT2D eigenvalue weighted by atomic mass is 9.95. The Morgan fingerprint density at radius 1 is 1.13 bits per heavy atom. The summed E-state index contributed by atoms with van der Waals surface area (Å²) >= 11 is 0. The summed E-state index contributed by atoms with van der Waals surface area (Å²) in [5, 5.41) is 41.0. The van der Waals surface area contributed by atoms with Crippen LogP contribution >= 0.6 is 0 Å². The van der Waals surface area contributed by atoms with Crippen molar-refractivity contribution in [1.82, 2.24) is 19.7 Å². The van der Waals surface area contributed by atoms with Gasteiger partial charge >= 0.3 is 0 Å². The van der Waals surface area contributed by atoms with E-state index in [-0.39, 0.29) is 24.5 Å². The van der Waals surface area contributed by atoms with E-state index < -0.39 is 45.8 Å². The van der Waals surface area contributed by atoms with Gasteiger partial charge in [-0.3, -0.25) is 0 Å². The number of allylic oxidation sites excluding steroid dienone is 1. The van der Waals surface area contributed by atoms with Crippen molar-refractivity contribution >= 4 is 32.6 Å². The third-order valence-electron chi connectivity index (χ3n) is 10.2. The summed E-state index contributed by atoms with van der Waals surface area (Å²) in [5.41, 5.74) is 0.905. The molecule has 2 saturated heterocycles. The van der Waals surface area contributed by atoms with Gasteiger partial charge in [0.1, 0.15) is 18.3 Å². The number of anilines is 1. The number of morpholine rings is 1. The molecule has 5 rings (SSSR count). The number of nitriles is 1. The van der Waals surface area contributed by atoms with Crippen LogP contribution in [0.15, 0.2) is 47.5 Å². The summed E-state index contributed by atoms with van der Waals surface area (Å²) in [6, 6.07) is 13.7. The Balaban J connectivity index is 1.19. The second kappa shape index (κ2) is 17.1. The minimum Gasteiger partial charge on any atom is -0.390 e. The predicted molar refractivity (Wildman–Crippen MR) is 197 cm³/mol. The zero-order chi connectivity index (χ0) is 37.5. The van der Waals surface area contributed by atoms with Crippen LogP contribution in [0.5, 0.6) is 0 Å². The molecule has 2 aliphatic rings. The minimum atomic E-state index is -4.15. The summed E-state index contributed by atoms with van der Waals surface area (Å²) in [6.07, 6.45) is 1.89.